The van der Waals surface area contributed by atoms with Gasteiger partial charge in [-0.2, -0.15) is 13.2 Å². The fraction of sp³-hybridized carbons (Fsp3) is 0.600. The van der Waals surface area contributed by atoms with E-state index in [4.69, 9.17) is 10.8 Å². The molecule has 0 fully saturated rings. The highest BCUT2D eigenvalue weighted by Gasteiger charge is 2.38. The van der Waals surface area contributed by atoms with Crippen LogP contribution in [0.1, 0.15) is 19.3 Å². The molecule has 0 saturated carbocycles. The maximum atomic E-state index is 11.8. The largest absolute Gasteiger partial charge is 0.480 e. The average Bonchev–Trinajstić information content (AvgIpc) is 2.32. The highest BCUT2D eigenvalue weighted by Crippen LogP contribution is 2.13. The van der Waals surface area contributed by atoms with Crippen LogP contribution >= 0.6 is 0 Å². The van der Waals surface area contributed by atoms with Crippen molar-refractivity contribution < 1.29 is 37.5 Å². The summed E-state index contributed by atoms with van der Waals surface area (Å²) in [5.41, 5.74) is 4.83. The van der Waals surface area contributed by atoms with Crippen LogP contribution in [0.2, 0.25) is 0 Å². The van der Waals surface area contributed by atoms with Gasteiger partial charge in [0.1, 0.15) is 6.04 Å². The first-order valence-electron chi connectivity index (χ1n) is 5.69. The predicted octanol–water partition coefficient (Wildman–Crippen LogP) is -1.11. The molecular formula is C10H14F3N3O5. The zero-order valence-electron chi connectivity index (χ0n) is 10.7. The van der Waals surface area contributed by atoms with Crippen molar-refractivity contribution in [1.29, 1.82) is 0 Å². The van der Waals surface area contributed by atoms with Gasteiger partial charge in [-0.1, -0.05) is 0 Å². The van der Waals surface area contributed by atoms with E-state index < -0.39 is 48.9 Å². The van der Waals surface area contributed by atoms with Crippen LogP contribution in [0.4, 0.5) is 13.2 Å². The molecule has 0 spiro atoms. The number of aliphatic carboxylic acids is 1. The molecule has 0 saturated heterocycles. The fourth-order valence-electron chi connectivity index (χ4n) is 1.20. The van der Waals surface area contributed by atoms with Gasteiger partial charge in [-0.25, -0.2) is 4.79 Å². The Kier molecular flexibility index (Phi) is 7.17. The first kappa shape index (κ1) is 18.7. The third-order valence-electron chi connectivity index (χ3n) is 2.21. The molecule has 0 aromatic rings. The van der Waals surface area contributed by atoms with Gasteiger partial charge in [0.25, 0.3) is 0 Å². The maximum absolute atomic E-state index is 11.8. The van der Waals surface area contributed by atoms with Gasteiger partial charge < -0.3 is 21.5 Å². The van der Waals surface area contributed by atoms with Gasteiger partial charge in [-0.3, -0.25) is 14.4 Å². The van der Waals surface area contributed by atoms with Gasteiger partial charge in [-0.05, 0) is 6.42 Å². The smallest absolute Gasteiger partial charge is 0.471 e. The van der Waals surface area contributed by atoms with Gasteiger partial charge >= 0.3 is 18.1 Å². The molecule has 0 aromatic carbocycles. The highest BCUT2D eigenvalue weighted by atomic mass is 19.4. The zero-order chi connectivity index (χ0) is 16.6. The number of rotatable bonds is 8. The van der Waals surface area contributed by atoms with Crippen molar-refractivity contribution in [2.75, 3.05) is 6.54 Å². The first-order valence-corrected chi connectivity index (χ1v) is 5.69. The number of carbonyl (C=O) groups excluding carboxylic acids is 3. The molecule has 21 heavy (non-hydrogen) atoms. The Balaban J connectivity index is 4.18. The molecule has 0 rings (SSSR count). The van der Waals surface area contributed by atoms with Crippen molar-refractivity contribution in [3.63, 3.8) is 0 Å². The summed E-state index contributed by atoms with van der Waals surface area (Å²) in [5.74, 6) is -5.25. The number of hydrogen-bond acceptors (Lipinski definition) is 4. The Morgan fingerprint density at radius 3 is 2.14 bits per heavy atom. The zero-order valence-corrected chi connectivity index (χ0v) is 10.7. The predicted molar refractivity (Wildman–Crippen MR) is 61.7 cm³/mol. The molecular weight excluding hydrogens is 299 g/mol. The van der Waals surface area contributed by atoms with E-state index in [0.29, 0.717) is 0 Å². The minimum absolute atomic E-state index is 0.245. The third-order valence-corrected chi connectivity index (χ3v) is 2.21. The van der Waals surface area contributed by atoms with Crippen LogP contribution in [-0.4, -0.2) is 47.6 Å². The van der Waals surface area contributed by atoms with Crippen LogP contribution in [0.5, 0.6) is 0 Å². The van der Waals surface area contributed by atoms with Gasteiger partial charge in [0.2, 0.25) is 11.8 Å². The fourth-order valence-corrected chi connectivity index (χ4v) is 1.20. The molecule has 8 nitrogen and oxygen atoms in total. The summed E-state index contributed by atoms with van der Waals surface area (Å²) in [5, 5.41) is 12.2. The van der Waals surface area contributed by atoms with Crippen molar-refractivity contribution in [2.24, 2.45) is 5.73 Å². The molecule has 0 aliphatic heterocycles. The van der Waals surface area contributed by atoms with E-state index in [9.17, 15) is 32.3 Å². The number of nitrogens with two attached hydrogens (primary N) is 1. The molecule has 5 N–H and O–H groups in total. The Hall–Kier alpha value is -2.33. The number of hydrogen-bond donors (Lipinski definition) is 4. The topological polar surface area (TPSA) is 139 Å². The van der Waals surface area contributed by atoms with Crippen LogP contribution < -0.4 is 16.4 Å². The van der Waals surface area contributed by atoms with Gasteiger partial charge in [0.05, 0.1) is 0 Å². The van der Waals surface area contributed by atoms with Gasteiger partial charge in [0, 0.05) is 19.4 Å². The second-order valence-corrected chi connectivity index (χ2v) is 3.97. The number of carboxylic acids is 1. The summed E-state index contributed by atoms with van der Waals surface area (Å²) in [6.45, 7) is -0.605. The number of carbonyl (C=O) groups is 4. The Labute approximate surface area is 116 Å². The van der Waals surface area contributed by atoms with E-state index in [0.717, 1.165) is 0 Å². The monoisotopic (exact) mass is 313 g/mol. The number of nitrogens with one attached hydrogen (secondary N) is 2. The summed E-state index contributed by atoms with van der Waals surface area (Å²) in [6.07, 6.45) is -6.11. The summed E-state index contributed by atoms with van der Waals surface area (Å²) in [6, 6.07) is -1.39. The minimum atomic E-state index is -5.05. The lowest BCUT2D eigenvalue weighted by Crippen LogP contribution is -2.43. The molecule has 3 amide bonds. The second-order valence-electron chi connectivity index (χ2n) is 3.97. The summed E-state index contributed by atoms with van der Waals surface area (Å²) in [4.78, 5) is 43.0. The quantitative estimate of drug-likeness (QED) is 0.450. The maximum Gasteiger partial charge on any atom is 0.471 e. The molecule has 120 valence electrons. The molecule has 1 atom stereocenters. The van der Waals surface area contributed by atoms with E-state index in [1.54, 1.807) is 0 Å². The Bertz CT molecular complexity index is 425. The number of primary amides is 1. The molecule has 11 heteroatoms. The van der Waals surface area contributed by atoms with Crippen molar-refractivity contribution in [2.45, 2.75) is 31.5 Å². The summed E-state index contributed by atoms with van der Waals surface area (Å²) >= 11 is 0. The molecule has 0 heterocycles. The summed E-state index contributed by atoms with van der Waals surface area (Å²) < 4.78 is 35.5. The van der Waals surface area contributed by atoms with Crippen molar-refractivity contribution in [3.8, 4) is 0 Å². The number of carboxylic acid groups (broad SMARTS) is 1. The lowest BCUT2D eigenvalue weighted by Gasteiger charge is -2.14. The normalized spacial score (nSPS) is 12.3. The highest BCUT2D eigenvalue weighted by molar-refractivity contribution is 5.85. The summed E-state index contributed by atoms with van der Waals surface area (Å²) in [7, 11) is 0. The molecule has 0 aliphatic carbocycles. The molecule has 0 bridgehead atoms. The van der Waals surface area contributed by atoms with E-state index in [1.807, 2.05) is 5.32 Å². The van der Waals surface area contributed by atoms with Crippen LogP contribution in [-0.2, 0) is 19.2 Å². The standard InChI is InChI=1S/C10H14F3N3O5/c11-10(12,13)9(21)15-4-3-7(18)16-5(8(19)20)1-2-6(14)17/h5H,1-4H2,(H2,14,17)(H,15,21)(H,16,18)(H,19,20). The van der Waals surface area contributed by atoms with E-state index >= 15 is 0 Å². The average molecular weight is 313 g/mol. The van der Waals surface area contributed by atoms with Crippen molar-refractivity contribution in [3.05, 3.63) is 0 Å². The van der Waals surface area contributed by atoms with E-state index in [-0.39, 0.29) is 12.8 Å². The molecule has 0 aliphatic rings. The van der Waals surface area contributed by atoms with Crippen molar-refractivity contribution in [1.82, 2.24) is 10.6 Å². The SMILES string of the molecule is NC(=O)CCC(NC(=O)CCNC(=O)C(F)(F)F)C(=O)O. The Morgan fingerprint density at radius 2 is 1.71 bits per heavy atom. The number of amides is 3. The number of halogens is 3. The van der Waals surface area contributed by atoms with E-state index in [2.05, 4.69) is 0 Å². The molecule has 1 unspecified atom stereocenters. The minimum Gasteiger partial charge on any atom is -0.480 e. The van der Waals surface area contributed by atoms with Crippen molar-refractivity contribution >= 4 is 23.7 Å². The van der Waals surface area contributed by atoms with Gasteiger partial charge in [-0.15, -0.1) is 0 Å². The van der Waals surface area contributed by atoms with E-state index in [1.165, 1.54) is 5.32 Å². The third kappa shape index (κ3) is 8.44. The lowest BCUT2D eigenvalue weighted by atomic mass is 10.1. The Morgan fingerprint density at radius 1 is 1.14 bits per heavy atom. The van der Waals surface area contributed by atoms with Gasteiger partial charge in [0.15, 0.2) is 0 Å². The first-order chi connectivity index (χ1) is 9.54. The number of alkyl halides is 3. The van der Waals surface area contributed by atoms with Crippen LogP contribution in [0.15, 0.2) is 0 Å². The van der Waals surface area contributed by atoms with Crippen LogP contribution in [0.3, 0.4) is 0 Å². The van der Waals surface area contributed by atoms with Crippen LogP contribution in [0, 0.1) is 0 Å². The molecule has 0 aromatic heterocycles. The molecule has 0 radical (unpaired) electrons. The lowest BCUT2D eigenvalue weighted by molar-refractivity contribution is -0.173. The van der Waals surface area contributed by atoms with Crippen LogP contribution in [0.25, 0.3) is 0 Å². The second kappa shape index (κ2) is 8.07.